The van der Waals surface area contributed by atoms with Crippen LogP contribution in [0.4, 0.5) is 0 Å². The first kappa shape index (κ1) is 14.5. The quantitative estimate of drug-likeness (QED) is 0.857. The zero-order valence-corrected chi connectivity index (χ0v) is 12.2. The average Bonchev–Trinajstić information content (AvgIpc) is 2.40. The predicted octanol–water partition coefficient (Wildman–Crippen LogP) is 2.81. The van der Waals surface area contributed by atoms with Crippen LogP contribution in [0.25, 0.3) is 0 Å². The Kier molecular flexibility index (Phi) is 4.94. The lowest BCUT2D eigenvalue weighted by atomic mass is 9.78. The second kappa shape index (κ2) is 6.49. The van der Waals surface area contributed by atoms with E-state index in [0.29, 0.717) is 6.54 Å². The lowest BCUT2D eigenvalue weighted by molar-refractivity contribution is -0.00886. The minimum Gasteiger partial charge on any atom is -0.389 e. The van der Waals surface area contributed by atoms with Gasteiger partial charge in [-0.3, -0.25) is 4.98 Å². The van der Waals surface area contributed by atoms with Gasteiger partial charge in [-0.25, -0.2) is 0 Å². The van der Waals surface area contributed by atoms with Crippen molar-refractivity contribution in [1.29, 1.82) is 0 Å². The van der Waals surface area contributed by atoms with Crippen molar-refractivity contribution >= 4 is 0 Å². The smallest absolute Gasteiger partial charge is 0.0771 e. The van der Waals surface area contributed by atoms with E-state index in [1.807, 2.05) is 25.1 Å². The maximum atomic E-state index is 10.5. The molecule has 3 heteroatoms. The number of aryl methyl sites for hydroxylation is 1. The molecule has 0 radical (unpaired) electrons. The summed E-state index contributed by atoms with van der Waals surface area (Å²) >= 11 is 0. The van der Waals surface area contributed by atoms with Gasteiger partial charge in [0.1, 0.15) is 0 Å². The highest BCUT2D eigenvalue weighted by atomic mass is 16.3. The molecule has 0 atom stereocenters. The molecule has 1 fully saturated rings. The molecule has 1 aliphatic carbocycles. The second-order valence-electron chi connectivity index (χ2n) is 5.95. The Morgan fingerprint density at radius 3 is 2.74 bits per heavy atom. The molecule has 2 N–H and O–H groups in total. The molecule has 106 valence electrons. The van der Waals surface area contributed by atoms with Gasteiger partial charge in [0, 0.05) is 18.8 Å². The largest absolute Gasteiger partial charge is 0.389 e. The van der Waals surface area contributed by atoms with Crippen LogP contribution in [0.3, 0.4) is 0 Å². The van der Waals surface area contributed by atoms with Gasteiger partial charge in [0.05, 0.1) is 11.3 Å². The van der Waals surface area contributed by atoms with E-state index in [0.717, 1.165) is 49.5 Å². The van der Waals surface area contributed by atoms with Gasteiger partial charge in [0.15, 0.2) is 0 Å². The lowest BCUT2D eigenvalue weighted by Gasteiger charge is -2.36. The van der Waals surface area contributed by atoms with E-state index >= 15 is 0 Å². The Hall–Kier alpha value is -0.930. The molecule has 0 bridgehead atoms. The number of nitrogens with zero attached hydrogens (tertiary/aromatic N) is 1. The zero-order valence-electron chi connectivity index (χ0n) is 12.2. The topological polar surface area (TPSA) is 45.1 Å². The zero-order chi connectivity index (χ0) is 13.7. The molecule has 1 aromatic rings. The summed E-state index contributed by atoms with van der Waals surface area (Å²) in [6.07, 6.45) is 5.44. The van der Waals surface area contributed by atoms with Gasteiger partial charge >= 0.3 is 0 Å². The number of pyridine rings is 1. The van der Waals surface area contributed by atoms with E-state index < -0.39 is 5.60 Å². The van der Waals surface area contributed by atoms with Crippen LogP contribution in [-0.4, -0.2) is 22.2 Å². The fourth-order valence-electron chi connectivity index (χ4n) is 2.92. The van der Waals surface area contributed by atoms with Gasteiger partial charge < -0.3 is 10.4 Å². The van der Waals surface area contributed by atoms with E-state index in [1.54, 1.807) is 0 Å². The average molecular weight is 262 g/mol. The van der Waals surface area contributed by atoms with E-state index in [-0.39, 0.29) is 0 Å². The van der Waals surface area contributed by atoms with Crippen LogP contribution in [0, 0.1) is 12.8 Å². The molecule has 1 aliphatic rings. The van der Waals surface area contributed by atoms with Crippen molar-refractivity contribution in [2.24, 2.45) is 5.92 Å². The molecule has 0 aromatic carbocycles. The number of aromatic nitrogens is 1. The van der Waals surface area contributed by atoms with Crippen molar-refractivity contribution in [3.05, 3.63) is 29.6 Å². The molecule has 0 amide bonds. The fourth-order valence-corrected chi connectivity index (χ4v) is 2.92. The highest BCUT2D eigenvalue weighted by molar-refractivity contribution is 5.09. The summed E-state index contributed by atoms with van der Waals surface area (Å²) in [5.74, 6) is 0.818. The predicted molar refractivity (Wildman–Crippen MR) is 77.9 cm³/mol. The van der Waals surface area contributed by atoms with Gasteiger partial charge in [-0.2, -0.15) is 0 Å². The molecule has 0 unspecified atom stereocenters. The van der Waals surface area contributed by atoms with Crippen LogP contribution < -0.4 is 5.32 Å². The Bertz CT molecular complexity index is 397. The van der Waals surface area contributed by atoms with Gasteiger partial charge in [-0.1, -0.05) is 19.4 Å². The summed E-state index contributed by atoms with van der Waals surface area (Å²) in [5, 5.41) is 13.9. The molecular formula is C16H26N2O. The van der Waals surface area contributed by atoms with E-state index in [4.69, 9.17) is 0 Å². The third-order valence-electron chi connectivity index (χ3n) is 4.32. The molecule has 1 saturated carbocycles. The van der Waals surface area contributed by atoms with Crippen LogP contribution in [0.15, 0.2) is 18.2 Å². The fraction of sp³-hybridized carbons (Fsp3) is 0.688. The van der Waals surface area contributed by atoms with Crippen LogP contribution in [0.5, 0.6) is 0 Å². The van der Waals surface area contributed by atoms with Crippen molar-refractivity contribution in [3.8, 4) is 0 Å². The van der Waals surface area contributed by atoms with Crippen LogP contribution in [0.1, 0.15) is 50.4 Å². The highest BCUT2D eigenvalue weighted by Gasteiger charge is 2.31. The lowest BCUT2D eigenvalue weighted by Crippen LogP contribution is -2.43. The standard InChI is InChI=1S/C16H26N2O/c1-3-14-7-9-16(19,10-8-14)12-17-11-15-6-4-5-13(2)18-15/h4-6,14,17,19H,3,7-12H2,1-2H3. The molecule has 1 heterocycles. The number of hydrogen-bond acceptors (Lipinski definition) is 3. The molecule has 0 aliphatic heterocycles. The van der Waals surface area contributed by atoms with Crippen molar-refractivity contribution in [1.82, 2.24) is 10.3 Å². The van der Waals surface area contributed by atoms with E-state index in [1.165, 1.54) is 6.42 Å². The maximum Gasteiger partial charge on any atom is 0.0771 e. The SMILES string of the molecule is CCC1CCC(O)(CNCc2cccc(C)n2)CC1. The summed E-state index contributed by atoms with van der Waals surface area (Å²) < 4.78 is 0. The molecule has 19 heavy (non-hydrogen) atoms. The normalized spacial score (nSPS) is 27.4. The first-order valence-electron chi connectivity index (χ1n) is 7.47. The first-order valence-corrected chi connectivity index (χ1v) is 7.47. The third kappa shape index (κ3) is 4.29. The van der Waals surface area contributed by atoms with Crippen molar-refractivity contribution in [3.63, 3.8) is 0 Å². The van der Waals surface area contributed by atoms with Gasteiger partial charge in [0.25, 0.3) is 0 Å². The number of aliphatic hydroxyl groups is 1. The Morgan fingerprint density at radius 1 is 1.37 bits per heavy atom. The van der Waals surface area contributed by atoms with Gasteiger partial charge in [-0.15, -0.1) is 0 Å². The summed E-state index contributed by atoms with van der Waals surface area (Å²) in [6.45, 7) is 5.67. The number of hydrogen-bond donors (Lipinski definition) is 2. The minimum atomic E-state index is -0.504. The highest BCUT2D eigenvalue weighted by Crippen LogP contribution is 2.33. The van der Waals surface area contributed by atoms with Crippen LogP contribution in [0.2, 0.25) is 0 Å². The Balaban J connectivity index is 1.76. The Labute approximate surface area is 116 Å². The molecular weight excluding hydrogens is 236 g/mol. The molecule has 1 aromatic heterocycles. The molecule has 2 rings (SSSR count). The third-order valence-corrected chi connectivity index (χ3v) is 4.32. The van der Waals surface area contributed by atoms with E-state index in [9.17, 15) is 5.11 Å². The maximum absolute atomic E-state index is 10.5. The van der Waals surface area contributed by atoms with Crippen molar-refractivity contribution in [2.45, 2.75) is 58.1 Å². The van der Waals surface area contributed by atoms with Gasteiger partial charge in [0.2, 0.25) is 0 Å². The van der Waals surface area contributed by atoms with Crippen molar-refractivity contribution < 1.29 is 5.11 Å². The van der Waals surface area contributed by atoms with E-state index in [2.05, 4.69) is 17.2 Å². The second-order valence-corrected chi connectivity index (χ2v) is 5.95. The number of rotatable bonds is 5. The van der Waals surface area contributed by atoms with Crippen LogP contribution >= 0.6 is 0 Å². The summed E-state index contributed by atoms with van der Waals surface area (Å²) in [7, 11) is 0. The summed E-state index contributed by atoms with van der Waals surface area (Å²) in [4.78, 5) is 4.46. The number of nitrogens with one attached hydrogen (secondary N) is 1. The Morgan fingerprint density at radius 2 is 2.11 bits per heavy atom. The van der Waals surface area contributed by atoms with Gasteiger partial charge in [-0.05, 0) is 50.7 Å². The minimum absolute atomic E-state index is 0.504. The summed E-state index contributed by atoms with van der Waals surface area (Å²) in [6, 6.07) is 6.06. The summed E-state index contributed by atoms with van der Waals surface area (Å²) in [5.41, 5.74) is 1.59. The molecule has 3 nitrogen and oxygen atoms in total. The molecule has 0 saturated heterocycles. The first-order chi connectivity index (χ1) is 9.11. The van der Waals surface area contributed by atoms with Crippen molar-refractivity contribution in [2.75, 3.05) is 6.54 Å². The van der Waals surface area contributed by atoms with Crippen LogP contribution in [-0.2, 0) is 6.54 Å². The monoisotopic (exact) mass is 262 g/mol. The molecule has 0 spiro atoms.